The van der Waals surface area contributed by atoms with Gasteiger partial charge in [0.05, 0.1) is 13.7 Å². The van der Waals surface area contributed by atoms with Crippen LogP contribution in [0.15, 0.2) is 48.5 Å². The highest BCUT2D eigenvalue weighted by Crippen LogP contribution is 2.16. The Morgan fingerprint density at radius 2 is 1.80 bits per heavy atom. The number of thiocarbonyl (C=S) groups is 1. The summed E-state index contributed by atoms with van der Waals surface area (Å²) in [6.45, 7) is 0.961. The predicted octanol–water partition coefficient (Wildman–Crippen LogP) is 2.85. The first-order valence-corrected chi connectivity index (χ1v) is 8.01. The molecule has 0 atom stereocenters. The summed E-state index contributed by atoms with van der Waals surface area (Å²) in [6, 6.07) is 14.1. The predicted molar refractivity (Wildman–Crippen MR) is 100 cm³/mol. The smallest absolute Gasteiger partial charge is 0.257 e. The highest BCUT2D eigenvalue weighted by atomic mass is 32.1. The van der Waals surface area contributed by atoms with E-state index >= 15 is 0 Å². The number of nitrogens with one attached hydrogen (secondary N) is 2. The Kier molecular flexibility index (Phi) is 7.18. The molecule has 0 aliphatic heterocycles. The zero-order valence-corrected chi connectivity index (χ0v) is 14.9. The summed E-state index contributed by atoms with van der Waals surface area (Å²) in [5.74, 6) is 1.07. The van der Waals surface area contributed by atoms with Crippen molar-refractivity contribution in [3.63, 3.8) is 0 Å². The SMILES string of the molecule is COCCOc1ccc(C(=O)NC(=S)Nc2cccc(OC)c2)cc1. The number of hydrogen-bond acceptors (Lipinski definition) is 5. The molecule has 0 aromatic heterocycles. The topological polar surface area (TPSA) is 68.8 Å². The molecule has 1 amide bonds. The maximum Gasteiger partial charge on any atom is 0.257 e. The molecule has 6 nitrogen and oxygen atoms in total. The summed E-state index contributed by atoms with van der Waals surface area (Å²) < 4.78 is 15.5. The Labute approximate surface area is 152 Å². The van der Waals surface area contributed by atoms with Crippen molar-refractivity contribution in [2.45, 2.75) is 0 Å². The first kappa shape index (κ1) is 18.7. The van der Waals surface area contributed by atoms with Gasteiger partial charge in [-0.05, 0) is 48.6 Å². The van der Waals surface area contributed by atoms with Crippen LogP contribution in [0.3, 0.4) is 0 Å². The average molecular weight is 360 g/mol. The van der Waals surface area contributed by atoms with Gasteiger partial charge in [0, 0.05) is 24.4 Å². The minimum absolute atomic E-state index is 0.207. The van der Waals surface area contributed by atoms with E-state index in [9.17, 15) is 4.79 Å². The number of carbonyl (C=O) groups is 1. The summed E-state index contributed by atoms with van der Waals surface area (Å²) in [5, 5.41) is 5.78. The van der Waals surface area contributed by atoms with Crippen molar-refractivity contribution >= 4 is 28.9 Å². The molecule has 132 valence electrons. The second-order valence-electron chi connectivity index (χ2n) is 5.01. The number of rotatable bonds is 7. The number of ether oxygens (including phenoxy) is 3. The van der Waals surface area contributed by atoms with E-state index in [2.05, 4.69) is 10.6 Å². The summed E-state index contributed by atoms with van der Waals surface area (Å²) in [6.07, 6.45) is 0. The molecular weight excluding hydrogens is 340 g/mol. The number of methoxy groups -OCH3 is 2. The van der Waals surface area contributed by atoms with Crippen LogP contribution < -0.4 is 20.1 Å². The van der Waals surface area contributed by atoms with Crippen LogP contribution in [-0.4, -0.2) is 38.5 Å². The molecule has 2 aromatic rings. The van der Waals surface area contributed by atoms with Crippen LogP contribution >= 0.6 is 12.2 Å². The quantitative estimate of drug-likeness (QED) is 0.585. The van der Waals surface area contributed by atoms with Gasteiger partial charge in [-0.1, -0.05) is 6.07 Å². The first-order valence-electron chi connectivity index (χ1n) is 7.60. The lowest BCUT2D eigenvalue weighted by atomic mass is 10.2. The first-order chi connectivity index (χ1) is 12.1. The Hall–Kier alpha value is -2.64. The van der Waals surface area contributed by atoms with Crippen LogP contribution in [0.1, 0.15) is 10.4 Å². The van der Waals surface area contributed by atoms with Crippen LogP contribution in [0.5, 0.6) is 11.5 Å². The molecule has 0 radical (unpaired) electrons. The van der Waals surface area contributed by atoms with Gasteiger partial charge in [-0.3, -0.25) is 10.1 Å². The van der Waals surface area contributed by atoms with Crippen molar-refractivity contribution in [1.29, 1.82) is 0 Å². The van der Waals surface area contributed by atoms with Gasteiger partial charge in [-0.25, -0.2) is 0 Å². The molecule has 0 unspecified atom stereocenters. The lowest BCUT2D eigenvalue weighted by Crippen LogP contribution is -2.34. The normalized spacial score (nSPS) is 10.0. The molecule has 0 aliphatic carbocycles. The molecule has 2 rings (SSSR count). The average Bonchev–Trinajstić information content (AvgIpc) is 2.62. The lowest BCUT2D eigenvalue weighted by molar-refractivity contribution is 0.0977. The zero-order valence-electron chi connectivity index (χ0n) is 14.1. The second-order valence-corrected chi connectivity index (χ2v) is 5.41. The highest BCUT2D eigenvalue weighted by Gasteiger charge is 2.08. The Balaban J connectivity index is 1.88. The van der Waals surface area contributed by atoms with Crippen molar-refractivity contribution in [1.82, 2.24) is 5.32 Å². The fraction of sp³-hybridized carbons (Fsp3) is 0.222. The van der Waals surface area contributed by atoms with Crippen LogP contribution in [0, 0.1) is 0 Å². The molecule has 0 heterocycles. The molecule has 2 N–H and O–H groups in total. The molecule has 2 aromatic carbocycles. The van der Waals surface area contributed by atoms with E-state index < -0.39 is 0 Å². The van der Waals surface area contributed by atoms with Gasteiger partial charge in [0.2, 0.25) is 0 Å². The van der Waals surface area contributed by atoms with Crippen LogP contribution in [-0.2, 0) is 4.74 Å². The van der Waals surface area contributed by atoms with Crippen LogP contribution in [0.2, 0.25) is 0 Å². The van der Waals surface area contributed by atoms with E-state index in [1.807, 2.05) is 18.2 Å². The van der Waals surface area contributed by atoms with Gasteiger partial charge in [0.15, 0.2) is 5.11 Å². The van der Waals surface area contributed by atoms with Crippen molar-refractivity contribution in [2.75, 3.05) is 32.8 Å². The molecule has 0 aliphatic rings. The molecule has 25 heavy (non-hydrogen) atoms. The third kappa shape index (κ3) is 6.06. The van der Waals surface area contributed by atoms with E-state index in [0.717, 1.165) is 5.69 Å². The highest BCUT2D eigenvalue weighted by molar-refractivity contribution is 7.80. The fourth-order valence-corrected chi connectivity index (χ4v) is 2.19. The largest absolute Gasteiger partial charge is 0.497 e. The van der Waals surface area contributed by atoms with Crippen molar-refractivity contribution < 1.29 is 19.0 Å². The minimum atomic E-state index is -0.302. The van der Waals surface area contributed by atoms with E-state index in [1.54, 1.807) is 44.6 Å². The number of anilines is 1. The van der Waals surface area contributed by atoms with Crippen molar-refractivity contribution in [3.05, 3.63) is 54.1 Å². The maximum atomic E-state index is 12.2. The minimum Gasteiger partial charge on any atom is -0.497 e. The van der Waals surface area contributed by atoms with E-state index in [1.165, 1.54) is 0 Å². The van der Waals surface area contributed by atoms with Gasteiger partial charge < -0.3 is 19.5 Å². The van der Waals surface area contributed by atoms with E-state index in [-0.39, 0.29) is 11.0 Å². The van der Waals surface area contributed by atoms with Gasteiger partial charge in [0.1, 0.15) is 18.1 Å². The Bertz CT molecular complexity index is 719. The summed E-state index contributed by atoms with van der Waals surface area (Å²) in [7, 11) is 3.20. The van der Waals surface area contributed by atoms with Gasteiger partial charge >= 0.3 is 0 Å². The van der Waals surface area contributed by atoms with Crippen LogP contribution in [0.25, 0.3) is 0 Å². The third-order valence-electron chi connectivity index (χ3n) is 3.23. The van der Waals surface area contributed by atoms with Crippen LogP contribution in [0.4, 0.5) is 5.69 Å². The third-order valence-corrected chi connectivity index (χ3v) is 3.43. The Morgan fingerprint density at radius 3 is 2.48 bits per heavy atom. The zero-order chi connectivity index (χ0) is 18.1. The van der Waals surface area contributed by atoms with Crippen molar-refractivity contribution in [2.24, 2.45) is 0 Å². The summed E-state index contributed by atoms with van der Waals surface area (Å²) >= 11 is 5.17. The monoisotopic (exact) mass is 360 g/mol. The maximum absolute atomic E-state index is 12.2. The fourth-order valence-electron chi connectivity index (χ4n) is 1.98. The van der Waals surface area contributed by atoms with Crippen molar-refractivity contribution in [3.8, 4) is 11.5 Å². The number of amides is 1. The number of carbonyl (C=O) groups excluding carboxylic acids is 1. The second kappa shape index (κ2) is 9.61. The lowest BCUT2D eigenvalue weighted by Gasteiger charge is -2.11. The molecule has 0 spiro atoms. The van der Waals surface area contributed by atoms with Gasteiger partial charge in [-0.15, -0.1) is 0 Å². The summed E-state index contributed by atoms with van der Waals surface area (Å²) in [4.78, 5) is 12.2. The molecule has 0 saturated heterocycles. The molecule has 0 fully saturated rings. The number of benzene rings is 2. The Morgan fingerprint density at radius 1 is 1.04 bits per heavy atom. The summed E-state index contributed by atoms with van der Waals surface area (Å²) in [5.41, 5.74) is 1.21. The molecule has 0 bridgehead atoms. The van der Waals surface area contributed by atoms with E-state index in [0.29, 0.717) is 30.3 Å². The van der Waals surface area contributed by atoms with Gasteiger partial charge in [0.25, 0.3) is 5.91 Å². The molecular formula is C18H20N2O4S. The number of hydrogen-bond donors (Lipinski definition) is 2. The van der Waals surface area contributed by atoms with Gasteiger partial charge in [-0.2, -0.15) is 0 Å². The molecule has 7 heteroatoms. The molecule has 0 saturated carbocycles. The standard InChI is InChI=1S/C18H20N2O4S/c1-22-10-11-24-15-8-6-13(7-9-15)17(21)20-18(25)19-14-4-3-5-16(12-14)23-2/h3-9,12H,10-11H2,1-2H3,(H2,19,20,21,25). The van der Waals surface area contributed by atoms with E-state index in [4.69, 9.17) is 26.4 Å².